The number of nitrogens with one attached hydrogen (secondary N) is 1. The minimum Gasteiger partial charge on any atom is -0.487 e. The number of nitrogens with zero attached hydrogens (tertiary/aromatic N) is 1. The predicted molar refractivity (Wildman–Crippen MR) is 72.8 cm³/mol. The molecule has 0 aliphatic carbocycles. The molecule has 1 aromatic heterocycles. The molecule has 3 nitrogen and oxygen atoms in total. The minimum atomic E-state index is -4.34. The van der Waals surface area contributed by atoms with Gasteiger partial charge in [-0.15, -0.1) is 0 Å². The molecule has 21 heavy (non-hydrogen) atoms. The van der Waals surface area contributed by atoms with Gasteiger partial charge in [-0.1, -0.05) is 12.1 Å². The van der Waals surface area contributed by atoms with Gasteiger partial charge < -0.3 is 10.1 Å². The number of hydrogen-bond donors (Lipinski definition) is 1. The fourth-order valence-corrected chi connectivity index (χ4v) is 1.79. The molecule has 0 amide bonds. The van der Waals surface area contributed by atoms with Gasteiger partial charge in [0.2, 0.25) is 0 Å². The number of benzene rings is 1. The van der Waals surface area contributed by atoms with Gasteiger partial charge in [0.25, 0.3) is 0 Å². The third-order valence-corrected chi connectivity index (χ3v) is 2.82. The van der Waals surface area contributed by atoms with E-state index in [1.165, 1.54) is 6.07 Å². The second-order valence-electron chi connectivity index (χ2n) is 4.50. The van der Waals surface area contributed by atoms with Crippen molar-refractivity contribution in [2.75, 3.05) is 7.05 Å². The first kappa shape index (κ1) is 15.3. The highest BCUT2D eigenvalue weighted by Gasteiger charge is 2.30. The zero-order valence-corrected chi connectivity index (χ0v) is 11.4. The summed E-state index contributed by atoms with van der Waals surface area (Å²) in [5, 5.41) is 2.97. The second kappa shape index (κ2) is 6.58. The van der Waals surface area contributed by atoms with Crippen LogP contribution < -0.4 is 10.1 Å². The number of hydrogen-bond acceptors (Lipinski definition) is 3. The normalized spacial score (nSPS) is 11.4. The van der Waals surface area contributed by atoms with Gasteiger partial charge >= 0.3 is 6.18 Å². The third-order valence-electron chi connectivity index (χ3n) is 2.82. The Kier molecular flexibility index (Phi) is 4.80. The molecule has 0 bridgehead atoms. The summed E-state index contributed by atoms with van der Waals surface area (Å²) in [4.78, 5) is 4.17. The number of alkyl halides is 3. The molecule has 6 heteroatoms. The van der Waals surface area contributed by atoms with Crippen LogP contribution in [0.3, 0.4) is 0 Å². The van der Waals surface area contributed by atoms with Crippen molar-refractivity contribution in [2.24, 2.45) is 0 Å². The van der Waals surface area contributed by atoms with E-state index in [2.05, 4.69) is 10.3 Å². The summed E-state index contributed by atoms with van der Waals surface area (Å²) in [5.41, 5.74) is 0.652. The van der Waals surface area contributed by atoms with E-state index in [0.717, 1.165) is 17.8 Å². The van der Waals surface area contributed by atoms with E-state index in [1.807, 2.05) is 7.05 Å². The number of ether oxygens (including phenoxy) is 1. The zero-order chi connectivity index (χ0) is 15.3. The summed E-state index contributed by atoms with van der Waals surface area (Å²) >= 11 is 0. The summed E-state index contributed by atoms with van der Waals surface area (Å²) < 4.78 is 43.2. The van der Waals surface area contributed by atoms with Crippen molar-refractivity contribution in [2.45, 2.75) is 19.3 Å². The molecular formula is C15H15F3N2O. The Morgan fingerprint density at radius 2 is 2.00 bits per heavy atom. The highest BCUT2D eigenvalue weighted by Crippen LogP contribution is 2.29. The van der Waals surface area contributed by atoms with Crippen LogP contribution in [0.4, 0.5) is 13.2 Å². The minimum absolute atomic E-state index is 0.0664. The van der Waals surface area contributed by atoms with Crippen molar-refractivity contribution >= 4 is 0 Å². The molecule has 0 saturated carbocycles. The first-order valence-corrected chi connectivity index (χ1v) is 6.37. The lowest BCUT2D eigenvalue weighted by atomic mass is 10.1. The van der Waals surface area contributed by atoms with Gasteiger partial charge in [0.05, 0.1) is 17.5 Å². The van der Waals surface area contributed by atoms with Crippen molar-refractivity contribution in [1.29, 1.82) is 0 Å². The molecule has 0 radical (unpaired) electrons. The van der Waals surface area contributed by atoms with E-state index >= 15 is 0 Å². The van der Waals surface area contributed by atoms with Crippen molar-refractivity contribution in [3.8, 4) is 5.75 Å². The Morgan fingerprint density at radius 3 is 2.62 bits per heavy atom. The predicted octanol–water partition coefficient (Wildman–Crippen LogP) is 3.40. The monoisotopic (exact) mass is 296 g/mol. The molecule has 112 valence electrons. The van der Waals surface area contributed by atoms with Gasteiger partial charge in [-0.25, -0.2) is 0 Å². The molecule has 0 aliphatic rings. The van der Waals surface area contributed by atoms with E-state index in [9.17, 15) is 13.2 Å². The maximum absolute atomic E-state index is 12.6. The lowest BCUT2D eigenvalue weighted by Crippen LogP contribution is -2.07. The molecule has 0 unspecified atom stereocenters. The molecular weight excluding hydrogens is 281 g/mol. The third kappa shape index (κ3) is 4.46. The molecule has 1 heterocycles. The summed E-state index contributed by atoms with van der Waals surface area (Å²) in [6.07, 6.45) is -2.79. The number of halogens is 3. The maximum Gasteiger partial charge on any atom is 0.416 e. The highest BCUT2D eigenvalue weighted by molar-refractivity contribution is 5.26. The van der Waals surface area contributed by atoms with Crippen molar-refractivity contribution in [3.05, 3.63) is 59.4 Å². The molecule has 0 spiro atoms. The Hall–Kier alpha value is -2.08. The largest absolute Gasteiger partial charge is 0.487 e. The van der Waals surface area contributed by atoms with Crippen LogP contribution in [0.2, 0.25) is 0 Å². The molecule has 0 aliphatic heterocycles. The number of pyridine rings is 1. The van der Waals surface area contributed by atoms with Crippen LogP contribution in [0.25, 0.3) is 0 Å². The molecule has 2 aromatic rings. The number of rotatable bonds is 5. The zero-order valence-electron chi connectivity index (χ0n) is 11.4. The summed E-state index contributed by atoms with van der Waals surface area (Å²) in [6, 6.07) is 8.64. The van der Waals surface area contributed by atoms with Crippen LogP contribution in [-0.2, 0) is 19.3 Å². The van der Waals surface area contributed by atoms with Gasteiger partial charge in [0.15, 0.2) is 0 Å². The quantitative estimate of drug-likeness (QED) is 0.918. The Balaban J connectivity index is 1.99. The van der Waals surface area contributed by atoms with Gasteiger partial charge in [0, 0.05) is 6.54 Å². The van der Waals surface area contributed by atoms with Crippen molar-refractivity contribution in [3.63, 3.8) is 0 Å². The van der Waals surface area contributed by atoms with Crippen LogP contribution in [-0.4, -0.2) is 12.0 Å². The average molecular weight is 296 g/mol. The molecule has 0 saturated heterocycles. The average Bonchev–Trinajstić information content (AvgIpc) is 2.46. The smallest absolute Gasteiger partial charge is 0.416 e. The lowest BCUT2D eigenvalue weighted by molar-refractivity contribution is -0.137. The standard InChI is InChI=1S/C15H15F3N2O/c1-19-8-13-5-6-14(9-20-13)21-10-11-3-2-4-12(7-11)15(16,17)18/h2-7,9,19H,8,10H2,1H3. The first-order chi connectivity index (χ1) is 9.99. The molecule has 1 aromatic carbocycles. The summed E-state index contributed by atoms with van der Waals surface area (Å²) in [6.45, 7) is 0.713. The van der Waals surface area contributed by atoms with Crippen molar-refractivity contribution < 1.29 is 17.9 Å². The fraction of sp³-hybridized carbons (Fsp3) is 0.267. The Bertz CT molecular complexity index is 582. The molecule has 2 rings (SSSR count). The Labute approximate surface area is 120 Å². The van der Waals surface area contributed by atoms with Crippen LogP contribution in [0, 0.1) is 0 Å². The topological polar surface area (TPSA) is 34.1 Å². The van der Waals surface area contributed by atoms with E-state index in [1.54, 1.807) is 24.4 Å². The van der Waals surface area contributed by atoms with Gasteiger partial charge in [0.1, 0.15) is 12.4 Å². The summed E-state index contributed by atoms with van der Waals surface area (Å²) in [7, 11) is 1.82. The second-order valence-corrected chi connectivity index (χ2v) is 4.50. The Morgan fingerprint density at radius 1 is 1.19 bits per heavy atom. The first-order valence-electron chi connectivity index (χ1n) is 6.37. The fourth-order valence-electron chi connectivity index (χ4n) is 1.79. The molecule has 0 fully saturated rings. The van der Waals surface area contributed by atoms with E-state index in [-0.39, 0.29) is 6.61 Å². The molecule has 1 N–H and O–H groups in total. The number of aromatic nitrogens is 1. The van der Waals surface area contributed by atoms with Crippen molar-refractivity contribution in [1.82, 2.24) is 10.3 Å². The van der Waals surface area contributed by atoms with Gasteiger partial charge in [-0.3, -0.25) is 4.98 Å². The van der Waals surface area contributed by atoms with Gasteiger partial charge in [-0.2, -0.15) is 13.2 Å². The van der Waals surface area contributed by atoms with E-state index in [0.29, 0.717) is 17.9 Å². The van der Waals surface area contributed by atoms with Crippen LogP contribution >= 0.6 is 0 Å². The van der Waals surface area contributed by atoms with Crippen LogP contribution in [0.5, 0.6) is 5.75 Å². The highest BCUT2D eigenvalue weighted by atomic mass is 19.4. The van der Waals surface area contributed by atoms with Crippen LogP contribution in [0.15, 0.2) is 42.6 Å². The SMILES string of the molecule is CNCc1ccc(OCc2cccc(C(F)(F)F)c2)cn1. The lowest BCUT2D eigenvalue weighted by Gasteiger charge is -2.10. The summed E-state index contributed by atoms with van der Waals surface area (Å²) in [5.74, 6) is 0.521. The maximum atomic E-state index is 12.6. The van der Waals surface area contributed by atoms with E-state index < -0.39 is 11.7 Å². The van der Waals surface area contributed by atoms with Crippen LogP contribution in [0.1, 0.15) is 16.8 Å². The molecule has 0 atom stereocenters. The van der Waals surface area contributed by atoms with Gasteiger partial charge in [-0.05, 0) is 36.9 Å². The van der Waals surface area contributed by atoms with E-state index in [4.69, 9.17) is 4.74 Å².